The van der Waals surface area contributed by atoms with Crippen LogP contribution in [0.4, 0.5) is 0 Å². The maximum atomic E-state index is 11.8. The number of sulfonamides is 1. The van der Waals surface area contributed by atoms with Gasteiger partial charge in [0, 0.05) is 19.5 Å². The van der Waals surface area contributed by atoms with E-state index in [1.807, 2.05) is 13.8 Å². The van der Waals surface area contributed by atoms with E-state index in [2.05, 4.69) is 0 Å². The van der Waals surface area contributed by atoms with Crippen molar-refractivity contribution in [3.05, 3.63) is 0 Å². The van der Waals surface area contributed by atoms with E-state index in [1.54, 1.807) is 0 Å². The lowest BCUT2D eigenvalue weighted by atomic mass is 10.0. The van der Waals surface area contributed by atoms with Crippen molar-refractivity contribution in [2.24, 2.45) is 11.8 Å². The first-order valence-corrected chi connectivity index (χ1v) is 7.13. The van der Waals surface area contributed by atoms with Crippen LogP contribution in [0.2, 0.25) is 0 Å². The van der Waals surface area contributed by atoms with Crippen LogP contribution < -0.4 is 0 Å². The van der Waals surface area contributed by atoms with Crippen molar-refractivity contribution in [3.63, 3.8) is 0 Å². The van der Waals surface area contributed by atoms with Gasteiger partial charge in [-0.05, 0) is 18.3 Å². The minimum absolute atomic E-state index is 0.0568. The number of nitrogens with zero attached hydrogens (tertiary/aromatic N) is 1. The number of carboxylic acids is 1. The molecule has 1 heterocycles. The van der Waals surface area contributed by atoms with E-state index < -0.39 is 16.0 Å². The van der Waals surface area contributed by atoms with E-state index in [0.29, 0.717) is 24.9 Å². The van der Waals surface area contributed by atoms with Crippen molar-refractivity contribution in [2.75, 3.05) is 18.8 Å². The van der Waals surface area contributed by atoms with Gasteiger partial charge < -0.3 is 5.11 Å². The molecule has 0 bridgehead atoms. The van der Waals surface area contributed by atoms with Crippen molar-refractivity contribution in [2.45, 2.75) is 26.7 Å². The van der Waals surface area contributed by atoms with Crippen LogP contribution in [0.15, 0.2) is 0 Å². The molecular weight excluding hydrogens is 230 g/mol. The summed E-state index contributed by atoms with van der Waals surface area (Å²) in [5, 5.41) is 8.45. The largest absolute Gasteiger partial charge is 0.481 e. The zero-order valence-electron chi connectivity index (χ0n) is 9.72. The summed E-state index contributed by atoms with van der Waals surface area (Å²) in [6.07, 6.45) is 0.106. The van der Waals surface area contributed by atoms with E-state index in [0.717, 1.165) is 0 Å². The zero-order valence-corrected chi connectivity index (χ0v) is 10.5. The third kappa shape index (κ3) is 3.45. The molecular formula is C10H19NO4S. The maximum Gasteiger partial charge on any atom is 0.303 e. The second kappa shape index (κ2) is 5.14. The van der Waals surface area contributed by atoms with Crippen molar-refractivity contribution in [1.29, 1.82) is 0 Å². The average molecular weight is 249 g/mol. The molecule has 0 aromatic carbocycles. The standard InChI is InChI=1S/C10H19NO4S/c1-8-6-11(7-9(8)2)16(14,15)5-3-4-10(12)13/h8-9H,3-7H2,1-2H3,(H,12,13). The third-order valence-electron chi connectivity index (χ3n) is 3.14. The topological polar surface area (TPSA) is 74.7 Å². The summed E-state index contributed by atoms with van der Waals surface area (Å²) in [5.41, 5.74) is 0. The molecule has 0 spiro atoms. The van der Waals surface area contributed by atoms with Gasteiger partial charge in [-0.2, -0.15) is 0 Å². The summed E-state index contributed by atoms with van der Waals surface area (Å²) in [7, 11) is -3.25. The number of carbonyl (C=O) groups is 1. The molecule has 1 rings (SSSR count). The number of hydrogen-bond donors (Lipinski definition) is 1. The SMILES string of the molecule is CC1CN(S(=O)(=O)CCCC(=O)O)CC1C. The molecule has 16 heavy (non-hydrogen) atoms. The van der Waals surface area contributed by atoms with Crippen molar-refractivity contribution < 1.29 is 18.3 Å². The monoisotopic (exact) mass is 249 g/mol. The molecule has 0 aliphatic carbocycles. The highest BCUT2D eigenvalue weighted by Crippen LogP contribution is 2.25. The Labute approximate surface area is 96.5 Å². The highest BCUT2D eigenvalue weighted by atomic mass is 32.2. The molecule has 1 N–H and O–H groups in total. The molecule has 5 nitrogen and oxygen atoms in total. The molecule has 2 atom stereocenters. The Morgan fingerprint density at radius 1 is 1.31 bits per heavy atom. The average Bonchev–Trinajstić information content (AvgIpc) is 2.46. The number of aliphatic carboxylic acids is 1. The molecule has 0 saturated carbocycles. The minimum atomic E-state index is -3.25. The van der Waals surface area contributed by atoms with Crippen LogP contribution >= 0.6 is 0 Å². The molecule has 2 unspecified atom stereocenters. The van der Waals surface area contributed by atoms with Crippen molar-refractivity contribution >= 4 is 16.0 Å². The fourth-order valence-electron chi connectivity index (χ4n) is 1.84. The molecule has 0 aromatic rings. The quantitative estimate of drug-likeness (QED) is 0.781. The van der Waals surface area contributed by atoms with Gasteiger partial charge in [-0.1, -0.05) is 13.8 Å². The van der Waals surface area contributed by atoms with E-state index in [4.69, 9.17) is 5.11 Å². The zero-order chi connectivity index (χ0) is 12.3. The van der Waals surface area contributed by atoms with Crippen LogP contribution in [-0.2, 0) is 14.8 Å². The van der Waals surface area contributed by atoms with E-state index >= 15 is 0 Å². The predicted octanol–water partition coefficient (Wildman–Crippen LogP) is 0.769. The third-order valence-corrected chi connectivity index (χ3v) is 5.03. The number of hydrogen-bond acceptors (Lipinski definition) is 3. The Bertz CT molecular complexity index is 342. The van der Waals surface area contributed by atoms with Gasteiger partial charge in [0.25, 0.3) is 0 Å². The Morgan fingerprint density at radius 2 is 1.81 bits per heavy atom. The number of rotatable bonds is 5. The minimum Gasteiger partial charge on any atom is -0.481 e. The van der Waals surface area contributed by atoms with Gasteiger partial charge in [-0.25, -0.2) is 12.7 Å². The van der Waals surface area contributed by atoms with Gasteiger partial charge in [0.05, 0.1) is 5.75 Å². The normalized spacial score (nSPS) is 27.1. The molecule has 0 aromatic heterocycles. The molecule has 1 aliphatic heterocycles. The lowest BCUT2D eigenvalue weighted by Crippen LogP contribution is -2.31. The van der Waals surface area contributed by atoms with Gasteiger partial charge in [-0.15, -0.1) is 0 Å². The lowest BCUT2D eigenvalue weighted by Gasteiger charge is -2.15. The summed E-state index contributed by atoms with van der Waals surface area (Å²) in [6, 6.07) is 0. The van der Waals surface area contributed by atoms with Crippen LogP contribution in [0.25, 0.3) is 0 Å². The first-order valence-electron chi connectivity index (χ1n) is 5.52. The molecule has 0 amide bonds. The Balaban J connectivity index is 2.49. The van der Waals surface area contributed by atoms with Gasteiger partial charge in [0.2, 0.25) is 10.0 Å². The molecule has 94 valence electrons. The second-order valence-corrected chi connectivity index (χ2v) is 6.67. The van der Waals surface area contributed by atoms with Gasteiger partial charge >= 0.3 is 5.97 Å². The smallest absolute Gasteiger partial charge is 0.303 e. The maximum absolute atomic E-state index is 11.8. The Morgan fingerprint density at radius 3 is 2.25 bits per heavy atom. The first kappa shape index (κ1) is 13.4. The van der Waals surface area contributed by atoms with Crippen molar-refractivity contribution in [1.82, 2.24) is 4.31 Å². The van der Waals surface area contributed by atoms with Gasteiger partial charge in [0.1, 0.15) is 0 Å². The molecule has 1 fully saturated rings. The van der Waals surface area contributed by atoms with Crippen LogP contribution in [0.1, 0.15) is 26.7 Å². The van der Waals surface area contributed by atoms with Gasteiger partial charge in [0.15, 0.2) is 0 Å². The highest BCUT2D eigenvalue weighted by molar-refractivity contribution is 7.89. The van der Waals surface area contributed by atoms with Crippen molar-refractivity contribution in [3.8, 4) is 0 Å². The molecule has 1 saturated heterocycles. The van der Waals surface area contributed by atoms with Gasteiger partial charge in [-0.3, -0.25) is 4.79 Å². The Hall–Kier alpha value is -0.620. The van der Waals surface area contributed by atoms with E-state index in [9.17, 15) is 13.2 Å². The highest BCUT2D eigenvalue weighted by Gasteiger charge is 2.33. The summed E-state index contributed by atoms with van der Waals surface area (Å²) >= 11 is 0. The predicted molar refractivity (Wildman–Crippen MR) is 60.6 cm³/mol. The fraction of sp³-hybridized carbons (Fsp3) is 0.900. The summed E-state index contributed by atoms with van der Waals surface area (Å²) in [5.74, 6) is -0.236. The fourth-order valence-corrected chi connectivity index (χ4v) is 3.53. The summed E-state index contributed by atoms with van der Waals surface area (Å²) < 4.78 is 25.2. The summed E-state index contributed by atoms with van der Waals surface area (Å²) in [6.45, 7) is 5.21. The van der Waals surface area contributed by atoms with E-state index in [-0.39, 0.29) is 18.6 Å². The first-order chi connectivity index (χ1) is 7.33. The molecule has 0 radical (unpaired) electrons. The van der Waals surface area contributed by atoms with Crippen LogP contribution in [0.5, 0.6) is 0 Å². The molecule has 1 aliphatic rings. The second-order valence-electron chi connectivity index (χ2n) is 4.58. The lowest BCUT2D eigenvalue weighted by molar-refractivity contribution is -0.137. The molecule has 6 heteroatoms. The Kier molecular flexibility index (Phi) is 4.32. The van der Waals surface area contributed by atoms with Crippen LogP contribution in [0.3, 0.4) is 0 Å². The summed E-state index contributed by atoms with van der Waals surface area (Å²) in [4.78, 5) is 10.3. The number of carboxylic acid groups (broad SMARTS) is 1. The van der Waals surface area contributed by atoms with E-state index in [1.165, 1.54) is 4.31 Å². The van der Waals surface area contributed by atoms with Crippen LogP contribution in [-0.4, -0.2) is 42.6 Å². The van der Waals surface area contributed by atoms with Crippen LogP contribution in [0, 0.1) is 11.8 Å².